The number of nitrogens with one attached hydrogen (secondary N) is 3. The Labute approximate surface area is 214 Å². The number of hydrogen-bond donors (Lipinski definition) is 3. The number of halogens is 1. The van der Waals surface area contributed by atoms with E-state index in [1.54, 1.807) is 14.2 Å². The molecule has 8 heteroatoms. The Morgan fingerprint density at radius 3 is 2.55 bits per heavy atom. The van der Waals surface area contributed by atoms with Crippen LogP contribution in [0.15, 0.2) is 53.5 Å². The lowest BCUT2D eigenvalue weighted by molar-refractivity contribution is 0.0955. The lowest BCUT2D eigenvalue weighted by Gasteiger charge is -2.30. The largest absolute Gasteiger partial charge is 0.496 e. The number of aliphatic imine (C=N–C) groups is 1. The summed E-state index contributed by atoms with van der Waals surface area (Å²) in [6, 6.07) is 16.1. The zero-order chi connectivity index (χ0) is 22.8. The molecule has 1 saturated heterocycles. The molecule has 1 atom stereocenters. The number of carbonyl (C=O) groups is 1. The van der Waals surface area contributed by atoms with Crippen molar-refractivity contribution in [1.29, 1.82) is 0 Å². The fraction of sp³-hybridized carbons (Fsp3) is 0.440. The first-order valence-corrected chi connectivity index (χ1v) is 11.3. The van der Waals surface area contributed by atoms with Crippen molar-refractivity contribution in [2.45, 2.75) is 32.4 Å². The number of amides is 1. The summed E-state index contributed by atoms with van der Waals surface area (Å²) in [6.07, 6.45) is 2.45. The summed E-state index contributed by atoms with van der Waals surface area (Å²) in [5, 5.41) is 9.69. The second kappa shape index (κ2) is 14.0. The number of ether oxygens (including phenoxy) is 1. The molecule has 0 radical (unpaired) electrons. The van der Waals surface area contributed by atoms with Crippen LogP contribution in [0.1, 0.15) is 47.3 Å². The molecule has 1 unspecified atom stereocenters. The Morgan fingerprint density at radius 2 is 1.85 bits per heavy atom. The van der Waals surface area contributed by atoms with Gasteiger partial charge in [0.15, 0.2) is 5.96 Å². The fourth-order valence-corrected chi connectivity index (χ4v) is 4.12. The number of carbonyl (C=O) groups excluding carboxylic acids is 1. The normalized spacial score (nSPS) is 14.8. The van der Waals surface area contributed by atoms with E-state index in [2.05, 4.69) is 38.0 Å². The highest BCUT2D eigenvalue weighted by atomic mass is 127. The average Bonchev–Trinajstić information content (AvgIpc) is 3.36. The van der Waals surface area contributed by atoms with E-state index in [0.717, 1.165) is 36.9 Å². The molecule has 1 heterocycles. The molecular formula is C25H36IN5O2. The molecule has 0 bridgehead atoms. The Balaban J connectivity index is 0.00000385. The number of para-hydroxylation sites is 1. The van der Waals surface area contributed by atoms with E-state index in [1.165, 1.54) is 18.4 Å². The summed E-state index contributed by atoms with van der Waals surface area (Å²) in [6.45, 7) is 6.00. The molecule has 1 aliphatic heterocycles. The molecule has 1 fully saturated rings. The van der Waals surface area contributed by atoms with Crippen molar-refractivity contribution in [2.24, 2.45) is 4.99 Å². The summed E-state index contributed by atoms with van der Waals surface area (Å²) >= 11 is 0. The van der Waals surface area contributed by atoms with Crippen molar-refractivity contribution >= 4 is 35.8 Å². The Bertz CT molecular complexity index is 915. The van der Waals surface area contributed by atoms with Crippen LogP contribution in [0, 0.1) is 0 Å². The molecule has 1 aliphatic rings. The predicted octanol–water partition coefficient (Wildman–Crippen LogP) is 3.57. The van der Waals surface area contributed by atoms with Gasteiger partial charge in [-0.15, -0.1) is 24.0 Å². The van der Waals surface area contributed by atoms with Gasteiger partial charge in [0.05, 0.1) is 13.2 Å². The van der Waals surface area contributed by atoms with E-state index in [9.17, 15) is 4.79 Å². The molecule has 7 nitrogen and oxygen atoms in total. The van der Waals surface area contributed by atoms with E-state index >= 15 is 0 Å². The summed E-state index contributed by atoms with van der Waals surface area (Å²) in [5.74, 6) is 1.59. The zero-order valence-electron chi connectivity index (χ0n) is 19.8. The Hall–Kier alpha value is -2.33. The van der Waals surface area contributed by atoms with Gasteiger partial charge in [-0.3, -0.25) is 14.7 Å². The van der Waals surface area contributed by atoms with Crippen molar-refractivity contribution in [1.82, 2.24) is 20.9 Å². The van der Waals surface area contributed by atoms with Gasteiger partial charge in [-0.25, -0.2) is 0 Å². The number of likely N-dealkylation sites (tertiary alicyclic amines) is 1. The van der Waals surface area contributed by atoms with Crippen molar-refractivity contribution in [3.05, 3.63) is 65.2 Å². The number of hydrogen-bond acceptors (Lipinski definition) is 4. The predicted molar refractivity (Wildman–Crippen MR) is 145 cm³/mol. The highest BCUT2D eigenvalue weighted by Crippen LogP contribution is 2.31. The van der Waals surface area contributed by atoms with E-state index in [-0.39, 0.29) is 35.9 Å². The molecular weight excluding hydrogens is 529 g/mol. The fourth-order valence-electron chi connectivity index (χ4n) is 4.12. The van der Waals surface area contributed by atoms with Gasteiger partial charge in [0.2, 0.25) is 0 Å². The van der Waals surface area contributed by atoms with Gasteiger partial charge < -0.3 is 20.7 Å². The number of rotatable bonds is 9. The van der Waals surface area contributed by atoms with Crippen LogP contribution in [0.5, 0.6) is 5.75 Å². The van der Waals surface area contributed by atoms with Crippen molar-refractivity contribution in [3.63, 3.8) is 0 Å². The van der Waals surface area contributed by atoms with Gasteiger partial charge in [0.25, 0.3) is 5.91 Å². The van der Waals surface area contributed by atoms with Crippen LogP contribution in [-0.2, 0) is 6.54 Å². The lowest BCUT2D eigenvalue weighted by atomic mass is 10.0. The van der Waals surface area contributed by atoms with Crippen LogP contribution in [0.25, 0.3) is 0 Å². The minimum atomic E-state index is -0.0536. The van der Waals surface area contributed by atoms with E-state index < -0.39 is 0 Å². The monoisotopic (exact) mass is 565 g/mol. The van der Waals surface area contributed by atoms with Gasteiger partial charge in [0.1, 0.15) is 5.75 Å². The molecule has 180 valence electrons. The van der Waals surface area contributed by atoms with Crippen molar-refractivity contribution in [3.8, 4) is 5.75 Å². The molecule has 3 N–H and O–H groups in total. The topological polar surface area (TPSA) is 78.0 Å². The molecule has 0 aromatic heterocycles. The highest BCUT2D eigenvalue weighted by molar-refractivity contribution is 14.0. The third-order valence-electron chi connectivity index (χ3n) is 5.75. The smallest absolute Gasteiger partial charge is 0.251 e. The SMILES string of the molecule is CCNC(=O)c1cccc(CNC(=NC)NCC(c2ccccc2OC)N2CCCC2)c1.I. The molecule has 33 heavy (non-hydrogen) atoms. The quantitative estimate of drug-likeness (QED) is 0.246. The van der Waals surface area contributed by atoms with Gasteiger partial charge in [-0.1, -0.05) is 30.3 Å². The molecule has 3 rings (SSSR count). The maximum atomic E-state index is 12.1. The maximum absolute atomic E-state index is 12.1. The van der Waals surface area contributed by atoms with Crippen molar-refractivity contribution < 1.29 is 9.53 Å². The highest BCUT2D eigenvalue weighted by Gasteiger charge is 2.26. The first-order valence-electron chi connectivity index (χ1n) is 11.3. The van der Waals surface area contributed by atoms with E-state index in [0.29, 0.717) is 18.7 Å². The van der Waals surface area contributed by atoms with Crippen LogP contribution in [0.2, 0.25) is 0 Å². The first kappa shape index (κ1) is 26.9. The summed E-state index contributed by atoms with van der Waals surface area (Å²) in [7, 11) is 3.50. The van der Waals surface area contributed by atoms with Crippen molar-refractivity contribution in [2.75, 3.05) is 40.3 Å². The Kier molecular flexibility index (Phi) is 11.5. The second-order valence-corrected chi connectivity index (χ2v) is 7.87. The third kappa shape index (κ3) is 7.60. The zero-order valence-corrected chi connectivity index (χ0v) is 22.1. The molecule has 2 aromatic carbocycles. The Morgan fingerprint density at radius 1 is 1.09 bits per heavy atom. The third-order valence-corrected chi connectivity index (χ3v) is 5.75. The second-order valence-electron chi connectivity index (χ2n) is 7.87. The van der Waals surface area contributed by atoms with Crippen LogP contribution in [0.3, 0.4) is 0 Å². The van der Waals surface area contributed by atoms with Gasteiger partial charge in [-0.05, 0) is 56.6 Å². The molecule has 2 aromatic rings. The van der Waals surface area contributed by atoms with Crippen LogP contribution in [-0.4, -0.2) is 57.1 Å². The minimum Gasteiger partial charge on any atom is -0.496 e. The number of guanidine groups is 1. The molecule has 0 aliphatic carbocycles. The van der Waals surface area contributed by atoms with Crippen LogP contribution < -0.4 is 20.7 Å². The summed E-state index contributed by atoms with van der Waals surface area (Å²) in [5.41, 5.74) is 2.88. The van der Waals surface area contributed by atoms with E-state index in [1.807, 2.05) is 43.3 Å². The summed E-state index contributed by atoms with van der Waals surface area (Å²) in [4.78, 5) is 19.0. The van der Waals surface area contributed by atoms with Gasteiger partial charge >= 0.3 is 0 Å². The number of benzene rings is 2. The van der Waals surface area contributed by atoms with E-state index in [4.69, 9.17) is 4.74 Å². The van der Waals surface area contributed by atoms with Gasteiger partial charge in [0, 0.05) is 37.8 Å². The first-order chi connectivity index (χ1) is 15.7. The summed E-state index contributed by atoms with van der Waals surface area (Å²) < 4.78 is 5.64. The number of nitrogens with zero attached hydrogens (tertiary/aromatic N) is 2. The standard InChI is InChI=1S/C25H35N5O2.HI/c1-4-27-24(31)20-11-9-10-19(16-20)17-28-25(26-2)29-18-22(30-14-7-8-15-30)21-12-5-6-13-23(21)32-3;/h5-6,9-13,16,22H,4,7-8,14-15,17-18H2,1-3H3,(H,27,31)(H2,26,28,29);1H. The molecule has 0 spiro atoms. The maximum Gasteiger partial charge on any atom is 0.251 e. The minimum absolute atomic E-state index is 0. The van der Waals surface area contributed by atoms with Gasteiger partial charge in [-0.2, -0.15) is 0 Å². The average molecular weight is 566 g/mol. The van der Waals surface area contributed by atoms with Crippen LogP contribution >= 0.6 is 24.0 Å². The number of methoxy groups -OCH3 is 1. The van der Waals surface area contributed by atoms with Crippen LogP contribution in [0.4, 0.5) is 0 Å². The molecule has 1 amide bonds. The molecule has 0 saturated carbocycles. The lowest BCUT2D eigenvalue weighted by Crippen LogP contribution is -2.42.